The van der Waals surface area contributed by atoms with Crippen LogP contribution >= 0.6 is 23.4 Å². The van der Waals surface area contributed by atoms with Crippen LogP contribution in [0.2, 0.25) is 0 Å². The van der Waals surface area contributed by atoms with Gasteiger partial charge in [-0.15, -0.1) is 11.6 Å². The number of thioether (sulfide) groups is 1. The summed E-state index contributed by atoms with van der Waals surface area (Å²) in [6.45, 7) is 2.48. The molecule has 1 unspecified atom stereocenters. The molecule has 1 aromatic heterocycles. The second-order valence-corrected chi connectivity index (χ2v) is 7.43. The summed E-state index contributed by atoms with van der Waals surface area (Å²) in [5.41, 5.74) is 0.817. The van der Waals surface area contributed by atoms with Crippen molar-refractivity contribution < 1.29 is 8.42 Å². The normalized spacial score (nSPS) is 22.0. The average Bonchev–Trinajstić information content (AvgIpc) is 2.39. The Morgan fingerprint density at radius 2 is 2.33 bits per heavy atom. The molecule has 0 spiro atoms. The summed E-state index contributed by atoms with van der Waals surface area (Å²) in [6.07, 6.45) is 1.52. The molecule has 0 amide bonds. The molecule has 0 aliphatic carbocycles. The van der Waals surface area contributed by atoms with Crippen molar-refractivity contribution in [3.8, 4) is 0 Å². The molecular formula is C11H15ClN2O2S2. The first-order valence-electron chi connectivity index (χ1n) is 5.66. The Kier molecular flexibility index (Phi) is 4.53. The summed E-state index contributed by atoms with van der Waals surface area (Å²) in [7, 11) is -3.47. The predicted octanol–water partition coefficient (Wildman–Crippen LogP) is 1.95. The minimum absolute atomic E-state index is 0.0169. The number of nitrogens with zero attached hydrogens (tertiary/aromatic N) is 2. The molecule has 1 aromatic rings. The molecule has 4 nitrogen and oxygen atoms in total. The zero-order valence-corrected chi connectivity index (χ0v) is 12.4. The third-order valence-corrected chi connectivity index (χ3v) is 6.26. The maximum atomic E-state index is 12.4. The van der Waals surface area contributed by atoms with E-state index < -0.39 is 10.0 Å². The van der Waals surface area contributed by atoms with E-state index in [0.717, 1.165) is 17.1 Å². The van der Waals surface area contributed by atoms with Crippen molar-refractivity contribution in [2.45, 2.75) is 23.9 Å². The quantitative estimate of drug-likeness (QED) is 0.801. The minimum Gasteiger partial charge on any atom is -0.243 e. The molecule has 0 bridgehead atoms. The second kappa shape index (κ2) is 5.77. The highest BCUT2D eigenvalue weighted by Crippen LogP contribution is 2.23. The topological polar surface area (TPSA) is 50.3 Å². The Labute approximate surface area is 117 Å². The molecule has 0 aromatic carbocycles. The average molecular weight is 307 g/mol. The molecular weight excluding hydrogens is 292 g/mol. The van der Waals surface area contributed by atoms with Crippen LogP contribution in [0.5, 0.6) is 0 Å². The molecule has 7 heteroatoms. The van der Waals surface area contributed by atoms with Gasteiger partial charge in [-0.1, -0.05) is 6.07 Å². The molecule has 1 atom stereocenters. The minimum atomic E-state index is -3.47. The van der Waals surface area contributed by atoms with E-state index in [-0.39, 0.29) is 11.1 Å². The molecule has 2 heterocycles. The van der Waals surface area contributed by atoms with Crippen LogP contribution in [0.15, 0.2) is 23.4 Å². The van der Waals surface area contributed by atoms with Crippen LogP contribution in [-0.2, 0) is 15.9 Å². The number of aromatic nitrogens is 1. The number of halogens is 1. The van der Waals surface area contributed by atoms with Gasteiger partial charge in [-0.25, -0.2) is 13.4 Å². The molecule has 1 aliphatic rings. The number of rotatable bonds is 3. The van der Waals surface area contributed by atoms with Crippen LogP contribution < -0.4 is 0 Å². The van der Waals surface area contributed by atoms with Crippen molar-refractivity contribution in [1.82, 2.24) is 9.29 Å². The van der Waals surface area contributed by atoms with Crippen molar-refractivity contribution in [1.29, 1.82) is 0 Å². The predicted molar refractivity (Wildman–Crippen MR) is 74.5 cm³/mol. The number of sulfonamides is 1. The Morgan fingerprint density at radius 3 is 2.89 bits per heavy atom. The lowest BCUT2D eigenvalue weighted by atomic mass is 10.3. The van der Waals surface area contributed by atoms with E-state index in [2.05, 4.69) is 4.98 Å². The summed E-state index contributed by atoms with van der Waals surface area (Å²) < 4.78 is 26.4. The fraction of sp³-hybridized carbons (Fsp3) is 0.545. The fourth-order valence-corrected chi connectivity index (χ4v) is 4.76. The van der Waals surface area contributed by atoms with Gasteiger partial charge in [0, 0.05) is 36.2 Å². The maximum Gasteiger partial charge on any atom is 0.260 e. The van der Waals surface area contributed by atoms with Crippen LogP contribution in [0.4, 0.5) is 0 Å². The Hall–Kier alpha value is -0.300. The molecule has 100 valence electrons. The lowest BCUT2D eigenvalue weighted by Crippen LogP contribution is -2.44. The molecule has 1 fully saturated rings. The molecule has 1 saturated heterocycles. The van der Waals surface area contributed by atoms with E-state index in [1.54, 1.807) is 17.8 Å². The summed E-state index contributed by atoms with van der Waals surface area (Å²) in [5.74, 6) is 2.01. The lowest BCUT2D eigenvalue weighted by molar-refractivity contribution is 0.366. The SMILES string of the molecule is CC1CSCCN1S(=O)(=O)c1ccc(CCl)cn1. The van der Waals surface area contributed by atoms with Crippen molar-refractivity contribution >= 4 is 33.4 Å². The Bertz CT molecular complexity index is 504. The molecule has 0 radical (unpaired) electrons. The van der Waals surface area contributed by atoms with Gasteiger partial charge >= 0.3 is 0 Å². The van der Waals surface area contributed by atoms with Crippen LogP contribution in [-0.4, -0.2) is 41.8 Å². The Balaban J connectivity index is 2.28. The zero-order valence-electron chi connectivity index (χ0n) is 10.0. The van der Waals surface area contributed by atoms with Gasteiger partial charge in [-0.3, -0.25) is 0 Å². The molecule has 0 N–H and O–H groups in total. The van der Waals surface area contributed by atoms with Crippen LogP contribution in [0.25, 0.3) is 0 Å². The van der Waals surface area contributed by atoms with Gasteiger partial charge in [0.05, 0.1) is 0 Å². The summed E-state index contributed by atoms with van der Waals surface area (Å²) in [4.78, 5) is 4.01. The molecule has 18 heavy (non-hydrogen) atoms. The van der Waals surface area contributed by atoms with Crippen molar-refractivity contribution in [3.63, 3.8) is 0 Å². The zero-order chi connectivity index (χ0) is 13.2. The lowest BCUT2D eigenvalue weighted by Gasteiger charge is -2.31. The van der Waals surface area contributed by atoms with E-state index in [0.29, 0.717) is 12.4 Å². The number of alkyl halides is 1. The highest BCUT2D eigenvalue weighted by atomic mass is 35.5. The van der Waals surface area contributed by atoms with E-state index in [9.17, 15) is 8.42 Å². The van der Waals surface area contributed by atoms with E-state index >= 15 is 0 Å². The van der Waals surface area contributed by atoms with Gasteiger partial charge in [-0.05, 0) is 18.6 Å². The summed E-state index contributed by atoms with van der Waals surface area (Å²) in [5, 5.41) is 0.107. The number of pyridine rings is 1. The maximum absolute atomic E-state index is 12.4. The van der Waals surface area contributed by atoms with Crippen LogP contribution in [0.3, 0.4) is 0 Å². The number of hydrogen-bond acceptors (Lipinski definition) is 4. The first kappa shape index (κ1) is 14.1. The number of hydrogen-bond donors (Lipinski definition) is 0. The van der Waals surface area contributed by atoms with Crippen LogP contribution in [0.1, 0.15) is 12.5 Å². The first-order valence-corrected chi connectivity index (χ1v) is 8.79. The first-order chi connectivity index (χ1) is 8.55. The summed E-state index contributed by atoms with van der Waals surface area (Å²) in [6, 6.07) is 3.25. The fourth-order valence-electron chi connectivity index (χ4n) is 1.83. The summed E-state index contributed by atoms with van der Waals surface area (Å²) >= 11 is 7.44. The molecule has 1 aliphatic heterocycles. The van der Waals surface area contributed by atoms with Gasteiger partial charge in [0.2, 0.25) is 0 Å². The van der Waals surface area contributed by atoms with Crippen molar-refractivity contribution in [3.05, 3.63) is 23.9 Å². The molecule has 0 saturated carbocycles. The van der Waals surface area contributed by atoms with E-state index in [4.69, 9.17) is 11.6 Å². The largest absolute Gasteiger partial charge is 0.260 e. The van der Waals surface area contributed by atoms with Crippen molar-refractivity contribution in [2.24, 2.45) is 0 Å². The smallest absolute Gasteiger partial charge is 0.243 e. The molecule has 2 rings (SSSR count). The van der Waals surface area contributed by atoms with Gasteiger partial charge in [-0.2, -0.15) is 16.1 Å². The third kappa shape index (κ3) is 2.82. The standard InChI is InChI=1S/C11H15ClN2O2S2/c1-9-8-17-5-4-14(9)18(15,16)11-3-2-10(6-12)7-13-11/h2-3,7,9H,4-6,8H2,1H3. The highest BCUT2D eigenvalue weighted by Gasteiger charge is 2.31. The van der Waals surface area contributed by atoms with Gasteiger partial charge in [0.1, 0.15) is 0 Å². The Morgan fingerprint density at radius 1 is 1.56 bits per heavy atom. The van der Waals surface area contributed by atoms with E-state index in [1.807, 2.05) is 6.92 Å². The monoisotopic (exact) mass is 306 g/mol. The van der Waals surface area contributed by atoms with Gasteiger partial charge in [0.15, 0.2) is 5.03 Å². The highest BCUT2D eigenvalue weighted by molar-refractivity contribution is 7.99. The third-order valence-electron chi connectivity index (χ3n) is 2.83. The van der Waals surface area contributed by atoms with Crippen LogP contribution in [0, 0.1) is 0 Å². The van der Waals surface area contributed by atoms with Gasteiger partial charge in [0.25, 0.3) is 10.0 Å². The second-order valence-electron chi connectivity index (χ2n) is 4.18. The van der Waals surface area contributed by atoms with E-state index in [1.165, 1.54) is 16.6 Å². The van der Waals surface area contributed by atoms with Crippen molar-refractivity contribution in [2.75, 3.05) is 18.1 Å². The van der Waals surface area contributed by atoms with Gasteiger partial charge < -0.3 is 0 Å².